The van der Waals surface area contributed by atoms with Gasteiger partial charge in [0.15, 0.2) is 0 Å². The van der Waals surface area contributed by atoms with Crippen molar-refractivity contribution in [1.29, 1.82) is 0 Å². The monoisotopic (exact) mass is 114 g/mol. The van der Waals surface area contributed by atoms with Gasteiger partial charge in [0.2, 0.25) is 0 Å². The van der Waals surface area contributed by atoms with E-state index in [1.54, 1.807) is 0 Å². The van der Waals surface area contributed by atoms with Gasteiger partial charge in [-0.2, -0.15) is 0 Å². The first-order valence-electron chi connectivity index (χ1n) is 3.40. The summed E-state index contributed by atoms with van der Waals surface area (Å²) in [5, 5.41) is 9.17. The van der Waals surface area contributed by atoms with Gasteiger partial charge in [0, 0.05) is 0 Å². The quantitative estimate of drug-likeness (QED) is 0.505. The van der Waals surface area contributed by atoms with Crippen LogP contribution in [-0.4, -0.2) is 11.2 Å². The van der Waals surface area contributed by atoms with E-state index < -0.39 is 0 Å². The molecule has 1 N–H and O–H groups in total. The summed E-state index contributed by atoms with van der Waals surface area (Å²) >= 11 is 0. The number of aliphatic hydroxyl groups excluding tert-OH is 1. The molecular formula is C7H14O. The smallest absolute Gasteiger partial charge is 0.0568 e. The lowest BCUT2D eigenvalue weighted by Gasteiger charge is -2.10. The van der Waals surface area contributed by atoms with Gasteiger partial charge in [-0.1, -0.05) is 13.8 Å². The molecule has 0 aromatic carbocycles. The summed E-state index contributed by atoms with van der Waals surface area (Å²) < 4.78 is 0. The number of rotatable bonds is 0. The highest BCUT2D eigenvalue weighted by Gasteiger charge is 2.27. The lowest BCUT2D eigenvalue weighted by atomic mass is 10.00. The first-order chi connectivity index (χ1) is 3.72. The molecule has 0 amide bonds. The van der Waals surface area contributed by atoms with E-state index in [0.717, 1.165) is 12.3 Å². The third kappa shape index (κ3) is 0.873. The zero-order valence-corrected chi connectivity index (χ0v) is 5.59. The van der Waals surface area contributed by atoms with Gasteiger partial charge in [-0.3, -0.25) is 0 Å². The van der Waals surface area contributed by atoms with Crippen molar-refractivity contribution in [2.75, 3.05) is 0 Å². The molecule has 0 saturated heterocycles. The molecule has 0 radical (unpaired) electrons. The van der Waals surface area contributed by atoms with Crippen LogP contribution in [0.1, 0.15) is 26.7 Å². The first kappa shape index (κ1) is 6.09. The molecule has 0 aromatic rings. The number of hydrogen-bond acceptors (Lipinski definition) is 1. The maximum absolute atomic E-state index is 9.17. The Hall–Kier alpha value is -0.0400. The van der Waals surface area contributed by atoms with E-state index in [1.165, 1.54) is 6.42 Å². The van der Waals surface area contributed by atoms with Crippen molar-refractivity contribution in [3.8, 4) is 0 Å². The van der Waals surface area contributed by atoms with Crippen molar-refractivity contribution in [3.05, 3.63) is 0 Å². The van der Waals surface area contributed by atoms with Crippen LogP contribution in [0.15, 0.2) is 0 Å². The zero-order chi connectivity index (χ0) is 6.15. The van der Waals surface area contributed by atoms with Crippen LogP contribution in [0.5, 0.6) is 0 Å². The Morgan fingerprint density at radius 2 is 1.88 bits per heavy atom. The minimum Gasteiger partial charge on any atom is -0.393 e. The van der Waals surface area contributed by atoms with Gasteiger partial charge >= 0.3 is 0 Å². The fraction of sp³-hybridized carbons (Fsp3) is 1.00. The van der Waals surface area contributed by atoms with Crippen LogP contribution in [0, 0.1) is 11.8 Å². The predicted octanol–water partition coefficient (Wildman–Crippen LogP) is 1.41. The van der Waals surface area contributed by atoms with E-state index in [1.807, 2.05) is 0 Å². The van der Waals surface area contributed by atoms with E-state index >= 15 is 0 Å². The summed E-state index contributed by atoms with van der Waals surface area (Å²) in [7, 11) is 0. The molecule has 1 aliphatic carbocycles. The molecule has 1 aliphatic rings. The predicted molar refractivity (Wildman–Crippen MR) is 33.6 cm³/mol. The van der Waals surface area contributed by atoms with Crippen molar-refractivity contribution in [1.82, 2.24) is 0 Å². The molecule has 1 nitrogen and oxygen atoms in total. The maximum Gasteiger partial charge on any atom is 0.0568 e. The van der Waals surface area contributed by atoms with Crippen LogP contribution in [0.2, 0.25) is 0 Å². The normalized spacial score (nSPS) is 47.6. The molecule has 0 heterocycles. The van der Waals surface area contributed by atoms with Crippen LogP contribution < -0.4 is 0 Å². The van der Waals surface area contributed by atoms with Crippen LogP contribution in [0.3, 0.4) is 0 Å². The number of aliphatic hydroxyl groups is 1. The van der Waals surface area contributed by atoms with Crippen LogP contribution >= 0.6 is 0 Å². The average Bonchev–Trinajstić information content (AvgIpc) is 1.98. The summed E-state index contributed by atoms with van der Waals surface area (Å²) in [5.41, 5.74) is 0. The third-order valence-electron chi connectivity index (χ3n) is 2.42. The van der Waals surface area contributed by atoms with Gasteiger partial charge in [-0.05, 0) is 24.7 Å². The molecule has 3 atom stereocenters. The largest absolute Gasteiger partial charge is 0.393 e. The van der Waals surface area contributed by atoms with Crippen molar-refractivity contribution in [3.63, 3.8) is 0 Å². The summed E-state index contributed by atoms with van der Waals surface area (Å²) in [6, 6.07) is 0. The molecule has 1 unspecified atom stereocenters. The Bertz CT molecular complexity index is 70.5. The number of hydrogen-bond donors (Lipinski definition) is 1. The standard InChI is InChI=1S/C7H14O/c1-5-3-4-7(8)6(5)2/h5-8H,3-4H2,1-2H3/t5?,6-,7-/m1/s1. The summed E-state index contributed by atoms with van der Waals surface area (Å²) in [4.78, 5) is 0. The lowest BCUT2D eigenvalue weighted by molar-refractivity contribution is 0.130. The minimum absolute atomic E-state index is 0.00926. The fourth-order valence-electron chi connectivity index (χ4n) is 1.34. The minimum atomic E-state index is -0.00926. The Morgan fingerprint density at radius 1 is 1.25 bits per heavy atom. The Balaban J connectivity index is 2.44. The maximum atomic E-state index is 9.17. The Labute approximate surface area is 50.7 Å². The molecule has 48 valence electrons. The second-order valence-corrected chi connectivity index (χ2v) is 2.98. The Kier molecular flexibility index (Phi) is 1.57. The van der Waals surface area contributed by atoms with E-state index in [9.17, 15) is 0 Å². The van der Waals surface area contributed by atoms with Crippen LogP contribution in [-0.2, 0) is 0 Å². The molecule has 8 heavy (non-hydrogen) atoms. The van der Waals surface area contributed by atoms with E-state index in [-0.39, 0.29) is 6.10 Å². The molecule has 0 bridgehead atoms. The van der Waals surface area contributed by atoms with Gasteiger partial charge in [0.25, 0.3) is 0 Å². The van der Waals surface area contributed by atoms with Crippen molar-refractivity contribution < 1.29 is 5.11 Å². The second-order valence-electron chi connectivity index (χ2n) is 2.98. The SMILES string of the molecule is CC1CC[C@@H](O)[C@@H]1C. The van der Waals surface area contributed by atoms with E-state index in [2.05, 4.69) is 13.8 Å². The molecule has 1 heteroatoms. The molecule has 0 spiro atoms. The lowest BCUT2D eigenvalue weighted by Crippen LogP contribution is -2.12. The molecule has 0 aliphatic heterocycles. The summed E-state index contributed by atoms with van der Waals surface area (Å²) in [6.45, 7) is 4.34. The van der Waals surface area contributed by atoms with Crippen LogP contribution in [0.4, 0.5) is 0 Å². The van der Waals surface area contributed by atoms with Gasteiger partial charge in [-0.15, -0.1) is 0 Å². The molecular weight excluding hydrogens is 100 g/mol. The molecule has 1 rings (SSSR count). The highest BCUT2D eigenvalue weighted by Crippen LogP contribution is 2.30. The topological polar surface area (TPSA) is 20.2 Å². The summed E-state index contributed by atoms with van der Waals surface area (Å²) in [5.74, 6) is 1.28. The van der Waals surface area contributed by atoms with Gasteiger partial charge in [0.05, 0.1) is 6.10 Å². The molecule has 1 saturated carbocycles. The zero-order valence-electron chi connectivity index (χ0n) is 5.59. The second kappa shape index (κ2) is 2.06. The van der Waals surface area contributed by atoms with Crippen LogP contribution in [0.25, 0.3) is 0 Å². The van der Waals surface area contributed by atoms with Crippen molar-refractivity contribution >= 4 is 0 Å². The van der Waals surface area contributed by atoms with Gasteiger partial charge < -0.3 is 5.11 Å². The Morgan fingerprint density at radius 3 is 2.00 bits per heavy atom. The van der Waals surface area contributed by atoms with E-state index in [4.69, 9.17) is 5.11 Å². The fourth-order valence-corrected chi connectivity index (χ4v) is 1.34. The molecule has 0 aromatic heterocycles. The van der Waals surface area contributed by atoms with Gasteiger partial charge in [0.1, 0.15) is 0 Å². The van der Waals surface area contributed by atoms with E-state index in [0.29, 0.717) is 5.92 Å². The van der Waals surface area contributed by atoms with Crippen molar-refractivity contribution in [2.45, 2.75) is 32.8 Å². The average molecular weight is 114 g/mol. The van der Waals surface area contributed by atoms with Gasteiger partial charge in [-0.25, -0.2) is 0 Å². The molecule has 1 fully saturated rings. The highest BCUT2D eigenvalue weighted by molar-refractivity contribution is 4.78. The van der Waals surface area contributed by atoms with Crippen molar-refractivity contribution in [2.24, 2.45) is 11.8 Å². The first-order valence-corrected chi connectivity index (χ1v) is 3.40. The third-order valence-corrected chi connectivity index (χ3v) is 2.42. The highest BCUT2D eigenvalue weighted by atomic mass is 16.3. The summed E-state index contributed by atoms with van der Waals surface area (Å²) in [6.07, 6.45) is 2.22.